The van der Waals surface area contributed by atoms with Gasteiger partial charge in [-0.05, 0) is 13.8 Å². The van der Waals surface area contributed by atoms with Crippen molar-refractivity contribution in [3.05, 3.63) is 28.0 Å². The number of rotatable bonds is 3. The number of nitrogens with zero attached hydrogens (tertiary/aromatic N) is 6. The molecule has 2 aromatic rings. The van der Waals surface area contributed by atoms with E-state index in [0.717, 1.165) is 28.9 Å². The number of carbonyl (C=O) groups excluding carboxylic acids is 1. The van der Waals surface area contributed by atoms with E-state index in [1.54, 1.807) is 34.2 Å². The predicted molar refractivity (Wildman–Crippen MR) is 114 cm³/mol. The number of carbonyl (C=O) groups is 1. The van der Waals surface area contributed by atoms with Crippen LogP contribution in [0.2, 0.25) is 0 Å². The van der Waals surface area contributed by atoms with Gasteiger partial charge in [0.15, 0.2) is 5.96 Å². The van der Waals surface area contributed by atoms with Crippen molar-refractivity contribution in [3.63, 3.8) is 0 Å². The Labute approximate surface area is 174 Å². The van der Waals surface area contributed by atoms with Gasteiger partial charge in [0.1, 0.15) is 11.6 Å². The van der Waals surface area contributed by atoms with E-state index in [4.69, 9.17) is 0 Å². The zero-order valence-electron chi connectivity index (χ0n) is 15.4. The number of aliphatic imine (C=N–C) groups is 1. The summed E-state index contributed by atoms with van der Waals surface area (Å²) in [6.45, 7) is 6.33. The Morgan fingerprint density at radius 1 is 1.38 bits per heavy atom. The van der Waals surface area contributed by atoms with Crippen molar-refractivity contribution in [2.45, 2.75) is 20.4 Å². The van der Waals surface area contributed by atoms with Gasteiger partial charge in [0, 0.05) is 38.3 Å². The van der Waals surface area contributed by atoms with Crippen LogP contribution in [-0.4, -0.2) is 58.2 Å². The highest BCUT2D eigenvalue weighted by Crippen LogP contribution is 2.17. The standard InChI is InChI=1S/C16H23N7OS.HI/c1-11-12(2)25-14(20-11)8-18-16(17-3)22-5-6-23(15(24)10-22)13-7-19-21(4)9-13;/h7,9H,5-6,8,10H2,1-4H3,(H,17,18);1H. The Bertz CT molecular complexity index is 781. The van der Waals surface area contributed by atoms with Crippen LogP contribution in [0.25, 0.3) is 0 Å². The SMILES string of the molecule is CN=C(NCc1nc(C)c(C)s1)N1CCN(c2cnn(C)c2)C(=O)C1.I. The Balaban J connectivity index is 0.00000243. The molecule has 1 N–H and O–H groups in total. The summed E-state index contributed by atoms with van der Waals surface area (Å²) in [7, 11) is 3.58. The highest BCUT2D eigenvalue weighted by Gasteiger charge is 2.27. The molecule has 1 amide bonds. The maximum absolute atomic E-state index is 12.5. The molecule has 0 unspecified atom stereocenters. The first-order valence-electron chi connectivity index (χ1n) is 8.15. The Kier molecular flexibility index (Phi) is 6.98. The number of piperazine rings is 1. The second kappa shape index (κ2) is 8.80. The van der Waals surface area contributed by atoms with Crippen molar-refractivity contribution in [3.8, 4) is 0 Å². The fourth-order valence-electron chi connectivity index (χ4n) is 2.78. The third kappa shape index (κ3) is 4.53. The van der Waals surface area contributed by atoms with Crippen LogP contribution in [0.15, 0.2) is 17.4 Å². The topological polar surface area (TPSA) is 78.7 Å². The molecule has 8 nitrogen and oxygen atoms in total. The number of nitrogens with one attached hydrogen (secondary N) is 1. The van der Waals surface area contributed by atoms with E-state index < -0.39 is 0 Å². The average Bonchev–Trinajstić information content (AvgIpc) is 3.14. The highest BCUT2D eigenvalue weighted by atomic mass is 127. The van der Waals surface area contributed by atoms with E-state index in [0.29, 0.717) is 19.6 Å². The number of thiazole rings is 1. The maximum atomic E-state index is 12.5. The number of amides is 1. The van der Waals surface area contributed by atoms with Crippen LogP contribution in [-0.2, 0) is 18.4 Å². The molecule has 0 aromatic carbocycles. The van der Waals surface area contributed by atoms with Crippen LogP contribution < -0.4 is 10.2 Å². The van der Waals surface area contributed by atoms with Crippen LogP contribution in [0.4, 0.5) is 5.69 Å². The van der Waals surface area contributed by atoms with Gasteiger partial charge in [0.25, 0.3) is 0 Å². The van der Waals surface area contributed by atoms with Gasteiger partial charge in [-0.25, -0.2) is 4.98 Å². The lowest BCUT2D eigenvalue weighted by atomic mass is 10.3. The second-order valence-corrected chi connectivity index (χ2v) is 7.28. The van der Waals surface area contributed by atoms with Gasteiger partial charge in [-0.3, -0.25) is 14.5 Å². The third-order valence-electron chi connectivity index (χ3n) is 4.21. The molecule has 1 aliphatic heterocycles. The first kappa shape index (κ1) is 20.6. The minimum Gasteiger partial charge on any atom is -0.350 e. The van der Waals surface area contributed by atoms with E-state index in [1.807, 2.05) is 25.1 Å². The molecule has 0 atom stereocenters. The number of hydrogen-bond acceptors (Lipinski definition) is 5. The largest absolute Gasteiger partial charge is 0.350 e. The van der Waals surface area contributed by atoms with Crippen LogP contribution in [0.3, 0.4) is 0 Å². The summed E-state index contributed by atoms with van der Waals surface area (Å²) in [5.41, 5.74) is 1.90. The number of guanidine groups is 1. The molecule has 3 heterocycles. The lowest BCUT2D eigenvalue weighted by molar-refractivity contribution is -0.120. The summed E-state index contributed by atoms with van der Waals surface area (Å²) in [5, 5.41) is 8.47. The smallest absolute Gasteiger partial charge is 0.246 e. The van der Waals surface area contributed by atoms with Gasteiger partial charge >= 0.3 is 0 Å². The lowest BCUT2D eigenvalue weighted by Gasteiger charge is -2.35. The summed E-state index contributed by atoms with van der Waals surface area (Å²) in [5.74, 6) is 0.771. The van der Waals surface area contributed by atoms with Gasteiger partial charge in [-0.2, -0.15) is 5.10 Å². The van der Waals surface area contributed by atoms with E-state index in [-0.39, 0.29) is 29.9 Å². The Morgan fingerprint density at radius 3 is 2.69 bits per heavy atom. The molecular formula is C16H24IN7OS. The fraction of sp³-hybridized carbons (Fsp3) is 0.500. The molecule has 26 heavy (non-hydrogen) atoms. The van der Waals surface area contributed by atoms with Crippen LogP contribution in [0, 0.1) is 13.8 Å². The molecule has 0 bridgehead atoms. The Morgan fingerprint density at radius 2 is 2.15 bits per heavy atom. The summed E-state index contributed by atoms with van der Waals surface area (Å²) < 4.78 is 1.70. The molecule has 0 saturated carbocycles. The van der Waals surface area contributed by atoms with Gasteiger partial charge in [0.05, 0.1) is 24.1 Å². The monoisotopic (exact) mass is 489 g/mol. The number of anilines is 1. The minimum absolute atomic E-state index is 0. The van der Waals surface area contributed by atoms with E-state index >= 15 is 0 Å². The summed E-state index contributed by atoms with van der Waals surface area (Å²) in [4.78, 5) is 26.3. The summed E-state index contributed by atoms with van der Waals surface area (Å²) in [6, 6.07) is 0. The van der Waals surface area contributed by atoms with Gasteiger partial charge in [-0.15, -0.1) is 35.3 Å². The first-order chi connectivity index (χ1) is 12.0. The number of hydrogen-bond donors (Lipinski definition) is 1. The molecule has 1 saturated heterocycles. The molecular weight excluding hydrogens is 465 g/mol. The van der Waals surface area contributed by atoms with E-state index in [1.165, 1.54) is 4.88 Å². The average molecular weight is 489 g/mol. The van der Waals surface area contributed by atoms with E-state index in [9.17, 15) is 4.79 Å². The molecule has 3 rings (SSSR count). The van der Waals surface area contributed by atoms with Crippen molar-refractivity contribution in [2.24, 2.45) is 12.0 Å². The molecule has 1 aliphatic rings. The molecule has 142 valence electrons. The summed E-state index contributed by atoms with van der Waals surface area (Å²) in [6.07, 6.45) is 3.57. The van der Waals surface area contributed by atoms with Crippen LogP contribution in [0.5, 0.6) is 0 Å². The molecule has 2 aromatic heterocycles. The fourth-order valence-corrected chi connectivity index (χ4v) is 3.65. The number of halogens is 1. The maximum Gasteiger partial charge on any atom is 0.246 e. The molecule has 0 spiro atoms. The predicted octanol–water partition coefficient (Wildman–Crippen LogP) is 1.54. The van der Waals surface area contributed by atoms with Crippen molar-refractivity contribution < 1.29 is 4.79 Å². The zero-order valence-corrected chi connectivity index (χ0v) is 18.5. The van der Waals surface area contributed by atoms with Crippen LogP contribution >= 0.6 is 35.3 Å². The highest BCUT2D eigenvalue weighted by molar-refractivity contribution is 14.0. The Hall–Kier alpha value is -1.69. The van der Waals surface area contributed by atoms with Crippen molar-refractivity contribution in [1.29, 1.82) is 0 Å². The first-order valence-corrected chi connectivity index (χ1v) is 8.97. The summed E-state index contributed by atoms with van der Waals surface area (Å²) >= 11 is 1.68. The van der Waals surface area contributed by atoms with Gasteiger partial charge in [0.2, 0.25) is 5.91 Å². The molecule has 10 heteroatoms. The minimum atomic E-state index is 0. The normalized spacial score (nSPS) is 15.2. The van der Waals surface area contributed by atoms with E-state index in [2.05, 4.69) is 27.3 Å². The lowest BCUT2D eigenvalue weighted by Crippen LogP contribution is -2.55. The van der Waals surface area contributed by atoms with Gasteiger partial charge in [-0.1, -0.05) is 0 Å². The number of aromatic nitrogens is 3. The van der Waals surface area contributed by atoms with Crippen LogP contribution in [0.1, 0.15) is 15.6 Å². The zero-order chi connectivity index (χ0) is 18.0. The van der Waals surface area contributed by atoms with Gasteiger partial charge < -0.3 is 15.1 Å². The molecule has 0 radical (unpaired) electrons. The second-order valence-electron chi connectivity index (χ2n) is 5.99. The van der Waals surface area contributed by atoms with Crippen molar-refractivity contribution in [2.75, 3.05) is 31.6 Å². The molecule has 1 fully saturated rings. The quantitative estimate of drug-likeness (QED) is 0.402. The van der Waals surface area contributed by atoms with Crippen molar-refractivity contribution >= 4 is 52.9 Å². The number of aryl methyl sites for hydroxylation is 3. The van der Waals surface area contributed by atoms with Crippen molar-refractivity contribution in [1.82, 2.24) is 25.0 Å². The third-order valence-corrected chi connectivity index (χ3v) is 5.28. The molecule has 0 aliphatic carbocycles.